The van der Waals surface area contributed by atoms with Crippen LogP contribution in [0.3, 0.4) is 0 Å². The molecular formula is C24H30N2O2. The number of anilines is 1. The number of hydrogen-bond acceptors (Lipinski definition) is 2. The zero-order valence-corrected chi connectivity index (χ0v) is 16.8. The Labute approximate surface area is 167 Å². The van der Waals surface area contributed by atoms with Crippen molar-refractivity contribution < 1.29 is 9.59 Å². The number of nitrogens with one attached hydrogen (secondary N) is 2. The average Bonchev–Trinajstić information content (AvgIpc) is 2.74. The topological polar surface area (TPSA) is 58.2 Å². The van der Waals surface area contributed by atoms with Gasteiger partial charge in [-0.15, -0.1) is 0 Å². The molecule has 28 heavy (non-hydrogen) atoms. The highest BCUT2D eigenvalue weighted by atomic mass is 16.2. The van der Waals surface area contributed by atoms with E-state index in [9.17, 15) is 9.59 Å². The van der Waals surface area contributed by atoms with Crippen molar-refractivity contribution in [2.75, 3.05) is 5.32 Å². The van der Waals surface area contributed by atoms with E-state index in [2.05, 4.69) is 17.6 Å². The third kappa shape index (κ3) is 5.00. The molecule has 1 fully saturated rings. The lowest BCUT2D eigenvalue weighted by atomic mass is 9.81. The fourth-order valence-electron chi connectivity index (χ4n) is 3.96. The first-order valence-electron chi connectivity index (χ1n) is 10.3. The van der Waals surface area contributed by atoms with Crippen LogP contribution in [-0.2, 0) is 16.0 Å². The highest BCUT2D eigenvalue weighted by Gasteiger charge is 2.30. The van der Waals surface area contributed by atoms with Crippen molar-refractivity contribution in [3.63, 3.8) is 0 Å². The van der Waals surface area contributed by atoms with Crippen LogP contribution in [0.4, 0.5) is 5.69 Å². The van der Waals surface area contributed by atoms with E-state index in [4.69, 9.17) is 0 Å². The van der Waals surface area contributed by atoms with Crippen LogP contribution in [0, 0.1) is 11.8 Å². The van der Waals surface area contributed by atoms with Crippen LogP contribution < -0.4 is 10.6 Å². The Kier molecular flexibility index (Phi) is 6.85. The molecule has 1 unspecified atom stereocenters. The number of carbonyl (C=O) groups excluding carboxylic acids is 2. The van der Waals surface area contributed by atoms with E-state index in [0.717, 1.165) is 48.9 Å². The van der Waals surface area contributed by atoms with Crippen LogP contribution >= 0.6 is 0 Å². The van der Waals surface area contributed by atoms with Gasteiger partial charge in [-0.25, -0.2) is 0 Å². The van der Waals surface area contributed by atoms with Crippen molar-refractivity contribution in [3.8, 4) is 0 Å². The minimum Gasteiger partial charge on any atom is -0.349 e. The molecule has 1 saturated carbocycles. The maximum atomic E-state index is 12.7. The molecule has 0 aliphatic heterocycles. The lowest BCUT2D eigenvalue weighted by Gasteiger charge is -2.28. The standard InChI is InChI=1S/C24H30N2O2/c1-3-18-9-7-8-12-22(18)26-24(28)21-15-13-20(14-16-21)23(27)25-17(2)19-10-5-4-6-11-19/h4-12,17,20-21H,3,13-16H2,1-2H3,(H,25,27)(H,26,28). The Morgan fingerprint density at radius 1 is 0.893 bits per heavy atom. The Morgan fingerprint density at radius 3 is 2.11 bits per heavy atom. The molecule has 1 aliphatic rings. The van der Waals surface area contributed by atoms with Crippen molar-refractivity contribution in [2.45, 2.75) is 52.0 Å². The number of rotatable bonds is 6. The summed E-state index contributed by atoms with van der Waals surface area (Å²) in [6.45, 7) is 4.10. The number of aryl methyl sites for hydroxylation is 1. The normalized spacial score (nSPS) is 20.2. The third-order valence-electron chi connectivity index (χ3n) is 5.78. The van der Waals surface area contributed by atoms with Gasteiger partial charge in [0.25, 0.3) is 0 Å². The zero-order chi connectivity index (χ0) is 19.9. The molecule has 4 heteroatoms. The van der Waals surface area contributed by atoms with Gasteiger partial charge in [0.1, 0.15) is 0 Å². The van der Waals surface area contributed by atoms with E-state index in [1.54, 1.807) is 0 Å². The van der Waals surface area contributed by atoms with Crippen molar-refractivity contribution in [2.24, 2.45) is 11.8 Å². The largest absolute Gasteiger partial charge is 0.349 e. The van der Waals surface area contributed by atoms with Gasteiger partial charge in [0.15, 0.2) is 0 Å². The summed E-state index contributed by atoms with van der Waals surface area (Å²) < 4.78 is 0. The lowest BCUT2D eigenvalue weighted by Crippen LogP contribution is -2.36. The van der Waals surface area contributed by atoms with Gasteiger partial charge in [0.05, 0.1) is 6.04 Å². The summed E-state index contributed by atoms with van der Waals surface area (Å²) in [6.07, 6.45) is 3.94. The van der Waals surface area contributed by atoms with Crippen LogP contribution in [0.5, 0.6) is 0 Å². The Morgan fingerprint density at radius 2 is 1.46 bits per heavy atom. The van der Waals surface area contributed by atoms with Crippen LogP contribution in [0.1, 0.15) is 56.7 Å². The molecule has 2 amide bonds. The van der Waals surface area contributed by atoms with Crippen LogP contribution in [0.25, 0.3) is 0 Å². The second-order valence-corrected chi connectivity index (χ2v) is 7.69. The molecule has 0 saturated heterocycles. The highest BCUT2D eigenvalue weighted by molar-refractivity contribution is 5.93. The number of hydrogen-bond donors (Lipinski definition) is 2. The molecule has 4 nitrogen and oxygen atoms in total. The van der Waals surface area contributed by atoms with Crippen molar-refractivity contribution in [1.29, 1.82) is 0 Å². The van der Waals surface area contributed by atoms with E-state index in [1.807, 2.05) is 61.5 Å². The van der Waals surface area contributed by atoms with Gasteiger partial charge in [-0.2, -0.15) is 0 Å². The molecule has 0 heterocycles. The lowest BCUT2D eigenvalue weighted by molar-refractivity contribution is -0.129. The second-order valence-electron chi connectivity index (χ2n) is 7.69. The van der Waals surface area contributed by atoms with E-state index >= 15 is 0 Å². The number of benzene rings is 2. The van der Waals surface area contributed by atoms with Crippen LogP contribution in [0.2, 0.25) is 0 Å². The molecule has 0 radical (unpaired) electrons. The summed E-state index contributed by atoms with van der Waals surface area (Å²) in [4.78, 5) is 25.3. The quantitative estimate of drug-likeness (QED) is 0.753. The van der Waals surface area contributed by atoms with Gasteiger partial charge in [-0.05, 0) is 56.2 Å². The Balaban J connectivity index is 1.49. The van der Waals surface area contributed by atoms with Gasteiger partial charge in [-0.1, -0.05) is 55.5 Å². The van der Waals surface area contributed by atoms with E-state index in [-0.39, 0.29) is 29.7 Å². The molecule has 1 aliphatic carbocycles. The molecular weight excluding hydrogens is 348 g/mol. The number of amides is 2. The van der Waals surface area contributed by atoms with Gasteiger partial charge < -0.3 is 10.6 Å². The maximum Gasteiger partial charge on any atom is 0.227 e. The summed E-state index contributed by atoms with van der Waals surface area (Å²) in [6, 6.07) is 17.9. The molecule has 0 bridgehead atoms. The van der Waals surface area contributed by atoms with Gasteiger partial charge in [0.2, 0.25) is 11.8 Å². The molecule has 3 rings (SSSR count). The molecule has 0 spiro atoms. The molecule has 2 aromatic rings. The predicted octanol–water partition coefficient (Wildman–Crippen LogP) is 4.87. The first-order valence-corrected chi connectivity index (χ1v) is 10.3. The number of carbonyl (C=O) groups is 2. The molecule has 2 aromatic carbocycles. The van der Waals surface area contributed by atoms with Crippen molar-refractivity contribution in [3.05, 3.63) is 65.7 Å². The van der Waals surface area contributed by atoms with E-state index in [0.29, 0.717) is 0 Å². The zero-order valence-electron chi connectivity index (χ0n) is 16.8. The van der Waals surface area contributed by atoms with Crippen molar-refractivity contribution in [1.82, 2.24) is 5.32 Å². The van der Waals surface area contributed by atoms with E-state index in [1.165, 1.54) is 0 Å². The van der Waals surface area contributed by atoms with E-state index < -0.39 is 0 Å². The third-order valence-corrected chi connectivity index (χ3v) is 5.78. The molecule has 1 atom stereocenters. The molecule has 0 aromatic heterocycles. The Bertz CT molecular complexity index is 795. The van der Waals surface area contributed by atoms with Gasteiger partial charge in [0, 0.05) is 17.5 Å². The van der Waals surface area contributed by atoms with Crippen LogP contribution in [-0.4, -0.2) is 11.8 Å². The summed E-state index contributed by atoms with van der Waals surface area (Å²) in [5.74, 6) is 0.169. The Hall–Kier alpha value is -2.62. The smallest absolute Gasteiger partial charge is 0.227 e. The highest BCUT2D eigenvalue weighted by Crippen LogP contribution is 2.31. The minimum atomic E-state index is -0.0134. The summed E-state index contributed by atoms with van der Waals surface area (Å²) >= 11 is 0. The van der Waals surface area contributed by atoms with Crippen molar-refractivity contribution >= 4 is 17.5 Å². The van der Waals surface area contributed by atoms with Crippen LogP contribution in [0.15, 0.2) is 54.6 Å². The second kappa shape index (κ2) is 9.54. The fourth-order valence-corrected chi connectivity index (χ4v) is 3.96. The SMILES string of the molecule is CCc1ccccc1NC(=O)C1CCC(C(=O)NC(C)c2ccccc2)CC1. The van der Waals surface area contributed by atoms with Gasteiger partial charge >= 0.3 is 0 Å². The van der Waals surface area contributed by atoms with Gasteiger partial charge in [-0.3, -0.25) is 9.59 Å². The maximum absolute atomic E-state index is 12.7. The monoisotopic (exact) mass is 378 g/mol. The molecule has 2 N–H and O–H groups in total. The summed E-state index contributed by atoms with van der Waals surface area (Å²) in [5, 5.41) is 6.21. The number of para-hydroxylation sites is 1. The molecule has 148 valence electrons. The predicted molar refractivity (Wildman–Crippen MR) is 113 cm³/mol. The minimum absolute atomic E-state index is 0.000248. The first-order chi connectivity index (χ1) is 13.6. The first kappa shape index (κ1) is 20.1. The average molecular weight is 379 g/mol. The summed E-state index contributed by atoms with van der Waals surface area (Å²) in [5.41, 5.74) is 3.17. The fraction of sp³-hybridized carbons (Fsp3) is 0.417. The summed E-state index contributed by atoms with van der Waals surface area (Å²) in [7, 11) is 0.